The fourth-order valence-corrected chi connectivity index (χ4v) is 0.922. The summed E-state index contributed by atoms with van der Waals surface area (Å²) in [7, 11) is 1.77. The number of likely N-dealkylation sites (N-methyl/N-ethyl adjacent to an activating group) is 1. The highest BCUT2D eigenvalue weighted by Gasteiger charge is 2.25. The molecule has 0 spiro atoms. The van der Waals surface area contributed by atoms with E-state index in [2.05, 4.69) is 5.32 Å². The van der Waals surface area contributed by atoms with Crippen LogP contribution < -0.4 is 5.32 Å². The third kappa shape index (κ3) is 1.83. The van der Waals surface area contributed by atoms with Crippen LogP contribution in [-0.4, -0.2) is 43.8 Å². The number of ether oxygens (including phenoxy) is 1. The molecule has 1 fully saturated rings. The molecule has 1 rings (SSSR count). The molecule has 1 saturated heterocycles. The summed E-state index contributed by atoms with van der Waals surface area (Å²) in [5.74, 6) is 0. The van der Waals surface area contributed by atoms with E-state index in [4.69, 9.17) is 4.74 Å². The molecular formula is C7H14N2O2. The van der Waals surface area contributed by atoms with E-state index in [0.29, 0.717) is 12.6 Å². The van der Waals surface area contributed by atoms with Crippen molar-refractivity contribution in [2.45, 2.75) is 13.0 Å². The number of carbonyl (C=O) groups is 1. The summed E-state index contributed by atoms with van der Waals surface area (Å²) >= 11 is 0. The van der Waals surface area contributed by atoms with E-state index < -0.39 is 0 Å². The van der Waals surface area contributed by atoms with Gasteiger partial charge in [0, 0.05) is 20.1 Å². The summed E-state index contributed by atoms with van der Waals surface area (Å²) in [6.45, 7) is 4.03. The molecule has 1 aliphatic rings. The molecule has 4 nitrogen and oxygen atoms in total. The van der Waals surface area contributed by atoms with Crippen molar-refractivity contribution in [2.75, 3.05) is 26.7 Å². The lowest BCUT2D eigenvalue weighted by Gasteiger charge is -2.34. The van der Waals surface area contributed by atoms with Gasteiger partial charge in [-0.25, -0.2) is 4.79 Å². The number of carbonyl (C=O) groups excluding carboxylic acids is 1. The Labute approximate surface area is 66.5 Å². The standard InChI is InChI=1S/C7H14N2O2/c1-3-11-7(10)9(2)6-4-8-5-6/h6,8H,3-5H2,1-2H3. The first kappa shape index (κ1) is 8.33. The minimum Gasteiger partial charge on any atom is -0.450 e. The van der Waals surface area contributed by atoms with Gasteiger partial charge in [0.15, 0.2) is 0 Å². The molecule has 1 N–H and O–H groups in total. The van der Waals surface area contributed by atoms with Crippen LogP contribution >= 0.6 is 0 Å². The molecule has 4 heteroatoms. The van der Waals surface area contributed by atoms with E-state index in [1.54, 1.807) is 11.9 Å². The normalized spacial score (nSPS) is 17.3. The Morgan fingerprint density at radius 2 is 2.36 bits per heavy atom. The van der Waals surface area contributed by atoms with Gasteiger partial charge >= 0.3 is 6.09 Å². The van der Waals surface area contributed by atoms with Crippen molar-refractivity contribution in [3.8, 4) is 0 Å². The van der Waals surface area contributed by atoms with Crippen molar-refractivity contribution >= 4 is 6.09 Å². The third-order valence-corrected chi connectivity index (χ3v) is 1.86. The zero-order valence-electron chi connectivity index (χ0n) is 6.96. The Kier molecular flexibility index (Phi) is 2.70. The molecule has 1 aliphatic heterocycles. The first-order valence-corrected chi connectivity index (χ1v) is 3.86. The number of hydrogen-bond donors (Lipinski definition) is 1. The molecule has 0 radical (unpaired) electrons. The summed E-state index contributed by atoms with van der Waals surface area (Å²) < 4.78 is 4.82. The molecule has 0 bridgehead atoms. The highest BCUT2D eigenvalue weighted by molar-refractivity contribution is 5.67. The molecule has 0 aromatic rings. The Morgan fingerprint density at radius 1 is 1.73 bits per heavy atom. The number of rotatable bonds is 2. The van der Waals surface area contributed by atoms with Gasteiger partial charge in [-0.1, -0.05) is 0 Å². The molecule has 0 atom stereocenters. The molecule has 1 heterocycles. The Hall–Kier alpha value is -0.770. The van der Waals surface area contributed by atoms with Crippen molar-refractivity contribution in [2.24, 2.45) is 0 Å². The van der Waals surface area contributed by atoms with Gasteiger partial charge in [0.25, 0.3) is 0 Å². The highest BCUT2D eigenvalue weighted by Crippen LogP contribution is 2.03. The Morgan fingerprint density at radius 3 is 2.73 bits per heavy atom. The number of nitrogens with one attached hydrogen (secondary N) is 1. The molecule has 1 amide bonds. The molecule has 0 saturated carbocycles. The van der Waals surface area contributed by atoms with E-state index >= 15 is 0 Å². The molecule has 64 valence electrons. The van der Waals surface area contributed by atoms with Crippen molar-refractivity contribution in [3.63, 3.8) is 0 Å². The van der Waals surface area contributed by atoms with E-state index in [1.165, 1.54) is 0 Å². The maximum absolute atomic E-state index is 11.1. The van der Waals surface area contributed by atoms with Crippen LogP contribution in [0.15, 0.2) is 0 Å². The lowest BCUT2D eigenvalue weighted by atomic mass is 10.2. The van der Waals surface area contributed by atoms with Gasteiger partial charge in [0.1, 0.15) is 0 Å². The van der Waals surface area contributed by atoms with Gasteiger partial charge in [-0.15, -0.1) is 0 Å². The molecule has 0 aromatic heterocycles. The lowest BCUT2D eigenvalue weighted by Crippen LogP contribution is -2.57. The second kappa shape index (κ2) is 3.57. The highest BCUT2D eigenvalue weighted by atomic mass is 16.6. The van der Waals surface area contributed by atoms with Crippen LogP contribution in [-0.2, 0) is 4.74 Å². The van der Waals surface area contributed by atoms with E-state index in [-0.39, 0.29) is 6.09 Å². The molecule has 0 aromatic carbocycles. The van der Waals surface area contributed by atoms with Gasteiger partial charge in [0.2, 0.25) is 0 Å². The zero-order chi connectivity index (χ0) is 8.27. The summed E-state index contributed by atoms with van der Waals surface area (Å²) in [6, 6.07) is 0.328. The van der Waals surface area contributed by atoms with E-state index in [0.717, 1.165) is 13.1 Å². The molecule has 0 unspecified atom stereocenters. The van der Waals surface area contributed by atoms with Crippen molar-refractivity contribution in [3.05, 3.63) is 0 Å². The minimum atomic E-state index is -0.223. The number of hydrogen-bond acceptors (Lipinski definition) is 3. The molecular weight excluding hydrogens is 144 g/mol. The van der Waals surface area contributed by atoms with Crippen LogP contribution in [0.4, 0.5) is 4.79 Å². The number of nitrogens with zero attached hydrogens (tertiary/aromatic N) is 1. The SMILES string of the molecule is CCOC(=O)N(C)C1CNC1. The summed E-state index contributed by atoms with van der Waals surface area (Å²) in [6.07, 6.45) is -0.223. The third-order valence-electron chi connectivity index (χ3n) is 1.86. The second-order valence-corrected chi connectivity index (χ2v) is 2.62. The van der Waals surface area contributed by atoms with Gasteiger partial charge in [-0.05, 0) is 6.92 Å². The van der Waals surface area contributed by atoms with Crippen LogP contribution in [0.25, 0.3) is 0 Å². The predicted octanol–water partition coefficient (Wildman–Crippen LogP) is 0.0465. The minimum absolute atomic E-state index is 0.223. The average molecular weight is 158 g/mol. The van der Waals surface area contributed by atoms with Crippen LogP contribution in [0.2, 0.25) is 0 Å². The maximum Gasteiger partial charge on any atom is 0.409 e. The largest absolute Gasteiger partial charge is 0.450 e. The van der Waals surface area contributed by atoms with Crippen LogP contribution in [0.1, 0.15) is 6.92 Å². The van der Waals surface area contributed by atoms with Crippen molar-refractivity contribution < 1.29 is 9.53 Å². The predicted molar refractivity (Wildman–Crippen MR) is 41.4 cm³/mol. The average Bonchev–Trinajstić information content (AvgIpc) is 1.84. The summed E-state index contributed by atoms with van der Waals surface area (Å²) in [5, 5.41) is 3.09. The van der Waals surface area contributed by atoms with Crippen molar-refractivity contribution in [1.29, 1.82) is 0 Å². The zero-order valence-corrected chi connectivity index (χ0v) is 6.96. The van der Waals surface area contributed by atoms with Gasteiger partial charge in [-0.2, -0.15) is 0 Å². The topological polar surface area (TPSA) is 41.6 Å². The van der Waals surface area contributed by atoms with Crippen LogP contribution in [0.5, 0.6) is 0 Å². The van der Waals surface area contributed by atoms with Crippen molar-refractivity contribution in [1.82, 2.24) is 10.2 Å². The van der Waals surface area contributed by atoms with Crippen LogP contribution in [0, 0.1) is 0 Å². The number of amides is 1. The first-order chi connectivity index (χ1) is 5.25. The Bertz CT molecular complexity index is 145. The lowest BCUT2D eigenvalue weighted by molar-refractivity contribution is 0.0900. The first-order valence-electron chi connectivity index (χ1n) is 3.86. The van der Waals surface area contributed by atoms with Gasteiger partial charge < -0.3 is 15.0 Å². The Balaban J connectivity index is 2.27. The quantitative estimate of drug-likeness (QED) is 0.617. The summed E-state index contributed by atoms with van der Waals surface area (Å²) in [5.41, 5.74) is 0. The smallest absolute Gasteiger partial charge is 0.409 e. The monoisotopic (exact) mass is 158 g/mol. The van der Waals surface area contributed by atoms with Gasteiger partial charge in [-0.3, -0.25) is 0 Å². The molecule has 0 aliphatic carbocycles. The van der Waals surface area contributed by atoms with E-state index in [1.807, 2.05) is 6.92 Å². The second-order valence-electron chi connectivity index (χ2n) is 2.62. The maximum atomic E-state index is 11.1. The fourth-order valence-electron chi connectivity index (χ4n) is 0.922. The van der Waals surface area contributed by atoms with Crippen LogP contribution in [0.3, 0.4) is 0 Å². The summed E-state index contributed by atoms with van der Waals surface area (Å²) in [4.78, 5) is 12.7. The van der Waals surface area contributed by atoms with Gasteiger partial charge in [0.05, 0.1) is 12.6 Å². The van der Waals surface area contributed by atoms with E-state index in [9.17, 15) is 4.79 Å². The fraction of sp³-hybridized carbons (Fsp3) is 0.857. The molecule has 11 heavy (non-hydrogen) atoms.